The second kappa shape index (κ2) is 9.86. The average Bonchev–Trinajstić information content (AvgIpc) is 2.62. The highest BCUT2D eigenvalue weighted by Gasteiger charge is 2.21. The maximum Gasteiger partial charge on any atom is 0.144 e. The van der Waals surface area contributed by atoms with E-state index in [4.69, 9.17) is 9.47 Å². The molecule has 4 nitrogen and oxygen atoms in total. The first-order chi connectivity index (χ1) is 12.8. The molecule has 4 heteroatoms. The second-order valence-electron chi connectivity index (χ2n) is 8.27. The van der Waals surface area contributed by atoms with Gasteiger partial charge in [0.15, 0.2) is 0 Å². The summed E-state index contributed by atoms with van der Waals surface area (Å²) in [6.45, 7) is 11.9. The fraction of sp³-hybridized carbons (Fsp3) is 0.522. The number of hydrogen-bond acceptors (Lipinski definition) is 4. The fourth-order valence-corrected chi connectivity index (χ4v) is 2.87. The Morgan fingerprint density at radius 2 is 1.81 bits per heavy atom. The first-order valence-corrected chi connectivity index (χ1v) is 9.70. The van der Waals surface area contributed by atoms with Crippen molar-refractivity contribution in [2.24, 2.45) is 5.41 Å². The number of rotatable bonds is 9. The van der Waals surface area contributed by atoms with Gasteiger partial charge in [-0.05, 0) is 30.7 Å². The lowest BCUT2D eigenvalue weighted by molar-refractivity contribution is 0.0991. The highest BCUT2D eigenvalue weighted by atomic mass is 16.5. The number of aryl methyl sites for hydroxylation is 1. The minimum Gasteiger partial charge on any atom is -0.489 e. The molecular formula is C23H33NO3. The van der Waals surface area contributed by atoms with E-state index in [0.717, 1.165) is 34.6 Å². The van der Waals surface area contributed by atoms with Gasteiger partial charge in [-0.15, -0.1) is 0 Å². The zero-order valence-electron chi connectivity index (χ0n) is 17.3. The van der Waals surface area contributed by atoms with Gasteiger partial charge < -0.3 is 14.6 Å². The van der Waals surface area contributed by atoms with Gasteiger partial charge in [0.1, 0.15) is 12.4 Å². The number of aromatic nitrogens is 1. The van der Waals surface area contributed by atoms with Crippen molar-refractivity contribution in [3.8, 4) is 5.75 Å². The van der Waals surface area contributed by atoms with Gasteiger partial charge in [0.25, 0.3) is 0 Å². The summed E-state index contributed by atoms with van der Waals surface area (Å²) in [5, 5.41) is 9.90. The first-order valence-electron chi connectivity index (χ1n) is 9.70. The molecule has 2 aromatic rings. The quantitative estimate of drug-likeness (QED) is 0.685. The predicted molar refractivity (Wildman–Crippen MR) is 109 cm³/mol. The summed E-state index contributed by atoms with van der Waals surface area (Å²) in [4.78, 5) is 4.51. The second-order valence-corrected chi connectivity index (χ2v) is 8.27. The Kier molecular flexibility index (Phi) is 7.81. The van der Waals surface area contributed by atoms with Gasteiger partial charge in [0.05, 0.1) is 25.0 Å². The van der Waals surface area contributed by atoms with Crippen LogP contribution in [0.2, 0.25) is 0 Å². The summed E-state index contributed by atoms with van der Waals surface area (Å²) in [5.74, 6) is 0.790. The summed E-state index contributed by atoms with van der Waals surface area (Å²) in [6.07, 6.45) is 2.95. The van der Waals surface area contributed by atoms with Crippen molar-refractivity contribution < 1.29 is 14.6 Å². The Labute approximate surface area is 163 Å². The zero-order chi connectivity index (χ0) is 19.9. The standard InChI is InChI=1S/C23H33NO3/c1-6-20(25)16-27-22-17(2)24-13-19(21(22)12-23(3,4)5)15-26-14-18-10-8-7-9-11-18/h7-11,13,20,25H,6,12,14-16H2,1-5H3/t20-/m0/s1. The average molecular weight is 372 g/mol. The van der Waals surface area contributed by atoms with E-state index in [9.17, 15) is 5.11 Å². The summed E-state index contributed by atoms with van der Waals surface area (Å²) < 4.78 is 12.0. The summed E-state index contributed by atoms with van der Waals surface area (Å²) in [7, 11) is 0. The molecule has 1 atom stereocenters. The molecule has 0 radical (unpaired) electrons. The van der Waals surface area contributed by atoms with Crippen molar-refractivity contribution in [3.05, 3.63) is 58.9 Å². The molecule has 0 fully saturated rings. The van der Waals surface area contributed by atoms with Gasteiger partial charge in [0, 0.05) is 17.3 Å². The molecule has 1 aromatic carbocycles. The number of pyridine rings is 1. The van der Waals surface area contributed by atoms with Crippen LogP contribution in [0.1, 0.15) is 56.5 Å². The molecule has 0 saturated heterocycles. The van der Waals surface area contributed by atoms with Crippen LogP contribution in [0, 0.1) is 12.3 Å². The molecule has 0 saturated carbocycles. The van der Waals surface area contributed by atoms with Crippen LogP contribution in [0.15, 0.2) is 36.5 Å². The molecule has 1 N–H and O–H groups in total. The van der Waals surface area contributed by atoms with Crippen LogP contribution in [0.5, 0.6) is 5.75 Å². The summed E-state index contributed by atoms with van der Waals surface area (Å²) in [6, 6.07) is 10.2. The van der Waals surface area contributed by atoms with Gasteiger partial charge in [-0.1, -0.05) is 58.0 Å². The molecule has 1 heterocycles. The van der Waals surface area contributed by atoms with E-state index in [2.05, 4.69) is 37.9 Å². The molecule has 0 unspecified atom stereocenters. The lowest BCUT2D eigenvalue weighted by atomic mass is 9.86. The molecule has 0 aliphatic rings. The Balaban J connectivity index is 2.20. The number of benzene rings is 1. The third-order valence-corrected chi connectivity index (χ3v) is 4.37. The van der Waals surface area contributed by atoms with Crippen LogP contribution in [-0.4, -0.2) is 22.8 Å². The maximum absolute atomic E-state index is 9.90. The number of ether oxygens (including phenoxy) is 2. The molecule has 0 aliphatic carbocycles. The fourth-order valence-electron chi connectivity index (χ4n) is 2.87. The van der Waals surface area contributed by atoms with E-state index in [0.29, 0.717) is 19.6 Å². The van der Waals surface area contributed by atoms with Crippen molar-refractivity contribution in [1.82, 2.24) is 4.98 Å². The molecular weight excluding hydrogens is 338 g/mol. The molecule has 1 aromatic heterocycles. The van der Waals surface area contributed by atoms with Crippen LogP contribution < -0.4 is 4.74 Å². The van der Waals surface area contributed by atoms with E-state index in [1.54, 1.807) is 0 Å². The third kappa shape index (κ3) is 6.96. The van der Waals surface area contributed by atoms with Gasteiger partial charge in [-0.25, -0.2) is 0 Å². The smallest absolute Gasteiger partial charge is 0.144 e. The number of aliphatic hydroxyl groups is 1. The van der Waals surface area contributed by atoms with Crippen molar-refractivity contribution in [3.63, 3.8) is 0 Å². The van der Waals surface area contributed by atoms with Crippen molar-refractivity contribution in [1.29, 1.82) is 0 Å². The monoisotopic (exact) mass is 371 g/mol. The molecule has 0 bridgehead atoms. The Morgan fingerprint density at radius 1 is 1.11 bits per heavy atom. The van der Waals surface area contributed by atoms with Gasteiger partial charge in [-0.3, -0.25) is 4.98 Å². The van der Waals surface area contributed by atoms with Crippen molar-refractivity contribution in [2.75, 3.05) is 6.61 Å². The minimum absolute atomic E-state index is 0.101. The first kappa shape index (κ1) is 21.4. The van der Waals surface area contributed by atoms with E-state index in [1.807, 2.05) is 38.2 Å². The highest BCUT2D eigenvalue weighted by Crippen LogP contribution is 2.32. The lowest BCUT2D eigenvalue weighted by Crippen LogP contribution is -2.19. The van der Waals surface area contributed by atoms with Gasteiger partial charge in [0.2, 0.25) is 0 Å². The number of nitrogens with zero attached hydrogens (tertiary/aromatic N) is 1. The Hall–Kier alpha value is -1.91. The molecule has 0 aliphatic heterocycles. The highest BCUT2D eigenvalue weighted by molar-refractivity contribution is 5.42. The van der Waals surface area contributed by atoms with E-state index in [1.165, 1.54) is 0 Å². The van der Waals surface area contributed by atoms with Crippen LogP contribution in [0.3, 0.4) is 0 Å². The van der Waals surface area contributed by atoms with Crippen LogP contribution in [0.4, 0.5) is 0 Å². The van der Waals surface area contributed by atoms with Crippen LogP contribution in [0.25, 0.3) is 0 Å². The zero-order valence-corrected chi connectivity index (χ0v) is 17.3. The largest absolute Gasteiger partial charge is 0.489 e. The van der Waals surface area contributed by atoms with Crippen LogP contribution >= 0.6 is 0 Å². The molecule has 27 heavy (non-hydrogen) atoms. The summed E-state index contributed by atoms with van der Waals surface area (Å²) >= 11 is 0. The van der Waals surface area contributed by atoms with Crippen molar-refractivity contribution >= 4 is 0 Å². The Morgan fingerprint density at radius 3 is 2.44 bits per heavy atom. The lowest BCUT2D eigenvalue weighted by Gasteiger charge is -2.24. The molecule has 0 amide bonds. The third-order valence-electron chi connectivity index (χ3n) is 4.37. The predicted octanol–water partition coefficient (Wildman–Crippen LogP) is 4.85. The summed E-state index contributed by atoms with van der Waals surface area (Å²) in [5.41, 5.74) is 4.28. The Bertz CT molecular complexity index is 708. The normalized spacial score (nSPS) is 12.8. The van der Waals surface area contributed by atoms with E-state index < -0.39 is 6.10 Å². The number of hydrogen-bond donors (Lipinski definition) is 1. The van der Waals surface area contributed by atoms with E-state index in [-0.39, 0.29) is 12.0 Å². The minimum atomic E-state index is -0.468. The van der Waals surface area contributed by atoms with Gasteiger partial charge in [-0.2, -0.15) is 0 Å². The van der Waals surface area contributed by atoms with Crippen molar-refractivity contribution in [2.45, 2.75) is 66.8 Å². The maximum atomic E-state index is 9.90. The molecule has 148 valence electrons. The molecule has 2 rings (SSSR count). The van der Waals surface area contributed by atoms with E-state index >= 15 is 0 Å². The SMILES string of the molecule is CC[C@H](O)COc1c(C)ncc(COCc2ccccc2)c1CC(C)(C)C. The van der Waals surface area contributed by atoms with Crippen LogP contribution in [-0.2, 0) is 24.4 Å². The van der Waals surface area contributed by atoms with Gasteiger partial charge >= 0.3 is 0 Å². The molecule has 0 spiro atoms. The topological polar surface area (TPSA) is 51.6 Å². The number of aliphatic hydroxyl groups excluding tert-OH is 1.